The number of non-ortho nitro benzene ring substituents is 1. The second-order valence-corrected chi connectivity index (χ2v) is 5.57. The molecule has 0 radical (unpaired) electrons. The Morgan fingerprint density at radius 1 is 1.00 bits per heavy atom. The maximum atomic E-state index is 13.7. The van der Waals surface area contributed by atoms with Crippen LogP contribution in [0.3, 0.4) is 0 Å². The first-order chi connectivity index (χ1) is 12.4. The second-order valence-electron chi connectivity index (χ2n) is 5.57. The summed E-state index contributed by atoms with van der Waals surface area (Å²) >= 11 is 0. The molecule has 0 aliphatic rings. The molecule has 4 rings (SSSR count). The summed E-state index contributed by atoms with van der Waals surface area (Å²) in [4.78, 5) is 14.2. The van der Waals surface area contributed by atoms with Crippen LogP contribution >= 0.6 is 0 Å². The van der Waals surface area contributed by atoms with Gasteiger partial charge in [0.05, 0.1) is 21.5 Å². The van der Waals surface area contributed by atoms with E-state index in [4.69, 9.17) is 0 Å². The smallest absolute Gasteiger partial charge is 0.258 e. The topological polar surface area (TPSA) is 73.8 Å². The van der Waals surface area contributed by atoms with E-state index in [0.717, 1.165) is 23.0 Å². The molecule has 0 unspecified atom stereocenters. The van der Waals surface area contributed by atoms with E-state index in [-0.39, 0.29) is 22.3 Å². The summed E-state index contributed by atoms with van der Waals surface area (Å²) in [5, 5.41) is 15.3. The zero-order valence-electron chi connectivity index (χ0n) is 12.9. The molecule has 26 heavy (non-hydrogen) atoms. The number of aromatic nitrogens is 3. The molecule has 0 spiro atoms. The van der Waals surface area contributed by atoms with E-state index in [1.54, 1.807) is 24.3 Å². The Bertz CT molecular complexity index is 1150. The van der Waals surface area contributed by atoms with Crippen LogP contribution in [0.2, 0.25) is 0 Å². The maximum absolute atomic E-state index is 13.7. The highest BCUT2D eigenvalue weighted by Crippen LogP contribution is 2.38. The molecule has 0 amide bonds. The van der Waals surface area contributed by atoms with Crippen molar-refractivity contribution in [3.05, 3.63) is 70.5 Å². The Kier molecular flexibility index (Phi) is 3.39. The van der Waals surface area contributed by atoms with Crippen molar-refractivity contribution < 1.29 is 18.1 Å². The van der Waals surface area contributed by atoms with Crippen LogP contribution in [-0.4, -0.2) is 19.7 Å². The van der Waals surface area contributed by atoms with Gasteiger partial charge in [0.2, 0.25) is 0 Å². The summed E-state index contributed by atoms with van der Waals surface area (Å²) in [6.07, 6.45) is -3.53. The van der Waals surface area contributed by atoms with Crippen molar-refractivity contribution in [3.63, 3.8) is 0 Å². The van der Waals surface area contributed by atoms with Crippen molar-refractivity contribution in [1.29, 1.82) is 0 Å². The molecule has 6 nitrogen and oxygen atoms in total. The summed E-state index contributed by atoms with van der Waals surface area (Å²) in [7, 11) is 0. The molecule has 0 aliphatic carbocycles. The zero-order valence-corrected chi connectivity index (χ0v) is 12.9. The highest BCUT2D eigenvalue weighted by atomic mass is 19.4. The summed E-state index contributed by atoms with van der Waals surface area (Å²) < 4.78 is 41.9. The molecule has 2 aromatic heterocycles. The zero-order chi connectivity index (χ0) is 18.5. The number of pyridine rings is 1. The fourth-order valence-corrected chi connectivity index (χ4v) is 2.85. The molecule has 2 heterocycles. The Hall–Kier alpha value is -3.49. The van der Waals surface area contributed by atoms with Gasteiger partial charge < -0.3 is 0 Å². The number of hydrogen-bond acceptors (Lipinski definition) is 4. The number of rotatable bonds is 2. The van der Waals surface area contributed by atoms with Crippen molar-refractivity contribution in [2.45, 2.75) is 6.18 Å². The first kappa shape index (κ1) is 16.0. The van der Waals surface area contributed by atoms with Gasteiger partial charge in [-0.2, -0.15) is 18.3 Å². The van der Waals surface area contributed by atoms with Crippen molar-refractivity contribution >= 4 is 27.5 Å². The lowest BCUT2D eigenvalue weighted by molar-refractivity contribution is -0.384. The second kappa shape index (κ2) is 5.51. The van der Waals surface area contributed by atoms with Crippen molar-refractivity contribution in [2.75, 3.05) is 0 Å². The number of hydrogen-bond donors (Lipinski definition) is 0. The van der Waals surface area contributed by atoms with E-state index in [9.17, 15) is 23.3 Å². The highest BCUT2D eigenvalue weighted by Gasteiger charge is 2.38. The first-order valence-electron chi connectivity index (χ1n) is 7.45. The van der Waals surface area contributed by atoms with E-state index in [1.165, 1.54) is 12.1 Å². The third-order valence-electron chi connectivity index (χ3n) is 3.99. The number of nitrogens with zero attached hydrogens (tertiary/aromatic N) is 4. The van der Waals surface area contributed by atoms with Crippen LogP contribution < -0.4 is 0 Å². The Balaban J connectivity index is 2.04. The summed E-state index contributed by atoms with van der Waals surface area (Å²) in [5.74, 6) is 0. The van der Waals surface area contributed by atoms with Crippen LogP contribution in [0.4, 0.5) is 18.9 Å². The minimum absolute atomic E-state index is 0.0724. The van der Waals surface area contributed by atoms with Gasteiger partial charge in [0, 0.05) is 23.7 Å². The lowest BCUT2D eigenvalue weighted by Gasteiger charge is -2.10. The summed E-state index contributed by atoms with van der Waals surface area (Å²) in [5.41, 5.74) is -0.419. The molecule has 0 aliphatic heterocycles. The van der Waals surface area contributed by atoms with E-state index in [2.05, 4.69) is 10.1 Å². The number of benzene rings is 2. The van der Waals surface area contributed by atoms with Crippen LogP contribution in [-0.2, 0) is 6.18 Å². The standard InChI is InChI=1S/C17H9F3N4O2/c18-17(19,20)16-13-9-21-14-4-2-1-3-12(14)15(13)22-23(16)10-5-7-11(8-6-10)24(25)26/h1-9H. The van der Waals surface area contributed by atoms with Crippen LogP contribution in [0.15, 0.2) is 54.7 Å². The van der Waals surface area contributed by atoms with Gasteiger partial charge in [-0.25, -0.2) is 4.68 Å². The van der Waals surface area contributed by atoms with Gasteiger partial charge >= 0.3 is 6.18 Å². The molecule has 4 aromatic rings. The molecule has 0 saturated heterocycles. The molecule has 0 bridgehead atoms. The Morgan fingerprint density at radius 3 is 2.35 bits per heavy atom. The lowest BCUT2D eigenvalue weighted by Crippen LogP contribution is -2.13. The van der Waals surface area contributed by atoms with Gasteiger partial charge in [0.15, 0.2) is 5.69 Å². The van der Waals surface area contributed by atoms with Crippen LogP contribution in [0.25, 0.3) is 27.5 Å². The molecule has 0 atom stereocenters. The monoisotopic (exact) mass is 358 g/mol. The molecular formula is C17H9F3N4O2. The quantitative estimate of drug-likeness (QED) is 0.391. The predicted molar refractivity (Wildman–Crippen MR) is 88.0 cm³/mol. The third-order valence-corrected chi connectivity index (χ3v) is 3.99. The van der Waals surface area contributed by atoms with Gasteiger partial charge in [-0.05, 0) is 18.2 Å². The molecule has 2 aromatic carbocycles. The van der Waals surface area contributed by atoms with Gasteiger partial charge in [-0.3, -0.25) is 15.1 Å². The molecular weight excluding hydrogens is 349 g/mol. The number of halogens is 3. The van der Waals surface area contributed by atoms with E-state index < -0.39 is 16.8 Å². The van der Waals surface area contributed by atoms with Crippen molar-refractivity contribution in [3.8, 4) is 5.69 Å². The average molecular weight is 358 g/mol. The SMILES string of the molecule is O=[N+]([O-])c1ccc(-n2nc3c(cnc4ccccc43)c2C(F)(F)F)cc1. The number of fused-ring (bicyclic) bond motifs is 3. The number of nitro benzene ring substituents is 1. The van der Waals surface area contributed by atoms with Gasteiger partial charge in [0.25, 0.3) is 5.69 Å². The lowest BCUT2D eigenvalue weighted by atomic mass is 10.1. The first-order valence-corrected chi connectivity index (χ1v) is 7.45. The summed E-state index contributed by atoms with van der Waals surface area (Å²) in [6, 6.07) is 11.5. The van der Waals surface area contributed by atoms with Crippen LogP contribution in [0.5, 0.6) is 0 Å². The maximum Gasteiger partial charge on any atom is 0.434 e. The minimum Gasteiger partial charge on any atom is -0.258 e. The molecule has 0 fully saturated rings. The van der Waals surface area contributed by atoms with Gasteiger partial charge in [-0.15, -0.1) is 0 Å². The number of nitro groups is 1. The van der Waals surface area contributed by atoms with E-state index in [1.807, 2.05) is 0 Å². The van der Waals surface area contributed by atoms with Crippen molar-refractivity contribution in [1.82, 2.24) is 14.8 Å². The Morgan fingerprint density at radius 2 is 1.69 bits per heavy atom. The van der Waals surface area contributed by atoms with Crippen LogP contribution in [0.1, 0.15) is 5.69 Å². The third kappa shape index (κ3) is 2.44. The van der Waals surface area contributed by atoms with E-state index >= 15 is 0 Å². The molecule has 0 saturated carbocycles. The Labute approximate surface area is 143 Å². The highest BCUT2D eigenvalue weighted by molar-refractivity contribution is 6.04. The molecule has 130 valence electrons. The fourth-order valence-electron chi connectivity index (χ4n) is 2.85. The largest absolute Gasteiger partial charge is 0.434 e. The fraction of sp³-hybridized carbons (Fsp3) is 0.0588. The predicted octanol–water partition coefficient (Wildman–Crippen LogP) is 4.50. The van der Waals surface area contributed by atoms with Gasteiger partial charge in [-0.1, -0.05) is 18.2 Å². The van der Waals surface area contributed by atoms with E-state index in [0.29, 0.717) is 10.9 Å². The molecule has 0 N–H and O–H groups in total. The molecule has 9 heteroatoms. The number of alkyl halides is 3. The summed E-state index contributed by atoms with van der Waals surface area (Å²) in [6.45, 7) is 0. The van der Waals surface area contributed by atoms with Crippen LogP contribution in [0, 0.1) is 10.1 Å². The van der Waals surface area contributed by atoms with Crippen molar-refractivity contribution in [2.24, 2.45) is 0 Å². The van der Waals surface area contributed by atoms with Gasteiger partial charge in [0.1, 0.15) is 5.52 Å². The average Bonchev–Trinajstić information content (AvgIpc) is 3.02. The normalized spacial score (nSPS) is 12.0. The minimum atomic E-state index is -4.68. The number of para-hydroxylation sites is 1.